The van der Waals surface area contributed by atoms with Crippen LogP contribution in [0.2, 0.25) is 0 Å². The van der Waals surface area contributed by atoms with Gasteiger partial charge in [-0.25, -0.2) is 0 Å². The van der Waals surface area contributed by atoms with Crippen molar-refractivity contribution in [3.8, 4) is 0 Å². The second-order valence-corrected chi connectivity index (χ2v) is 11.7. The zero-order chi connectivity index (χ0) is 21.5. The first kappa shape index (κ1) is 23.0. The van der Waals surface area contributed by atoms with Crippen molar-refractivity contribution < 1.29 is 13.6 Å². The van der Waals surface area contributed by atoms with Crippen LogP contribution < -0.4 is 5.32 Å². The van der Waals surface area contributed by atoms with E-state index in [0.29, 0.717) is 0 Å². The lowest BCUT2D eigenvalue weighted by molar-refractivity contribution is 0.0758. The molecule has 4 rings (SSSR count). The highest BCUT2D eigenvalue weighted by Gasteiger charge is 2.42. The predicted molar refractivity (Wildman–Crippen MR) is 130 cm³/mol. The molecule has 0 heterocycles. The molecule has 1 atom stereocenters. The predicted octanol–water partition coefficient (Wildman–Crippen LogP) is 8.45. The Labute approximate surface area is 194 Å². The van der Waals surface area contributed by atoms with Gasteiger partial charge < -0.3 is 14.4 Å². The van der Waals surface area contributed by atoms with E-state index in [4.69, 9.17) is 9.05 Å². The van der Waals surface area contributed by atoms with Gasteiger partial charge in [-0.3, -0.25) is 4.57 Å². The van der Waals surface area contributed by atoms with Gasteiger partial charge in [0.05, 0.1) is 12.2 Å². The highest BCUT2D eigenvalue weighted by Crippen LogP contribution is 2.64. The molecule has 168 valence electrons. The number of hydrogen-bond acceptors (Lipinski definition) is 4. The van der Waals surface area contributed by atoms with E-state index in [1.807, 2.05) is 54.6 Å². The molecular weight excluding hydrogens is 473 g/mol. The van der Waals surface area contributed by atoms with E-state index in [0.717, 1.165) is 67.1 Å². The Morgan fingerprint density at radius 2 is 1.29 bits per heavy atom. The summed E-state index contributed by atoms with van der Waals surface area (Å²) in [5.41, 5.74) is 1.83. The molecule has 0 bridgehead atoms. The molecule has 2 saturated carbocycles. The maximum Gasteiger partial charge on any atom is 0.357 e. The minimum Gasteiger partial charge on any atom is -0.368 e. The quantitative estimate of drug-likeness (QED) is 0.365. The molecule has 2 aliphatic rings. The van der Waals surface area contributed by atoms with Gasteiger partial charge in [0.15, 0.2) is 5.78 Å². The number of benzene rings is 2. The molecule has 0 aliphatic heterocycles. The van der Waals surface area contributed by atoms with Crippen LogP contribution in [0.5, 0.6) is 0 Å². The van der Waals surface area contributed by atoms with Crippen LogP contribution in [-0.2, 0) is 13.6 Å². The Kier molecular flexibility index (Phi) is 8.28. The van der Waals surface area contributed by atoms with Gasteiger partial charge in [0.25, 0.3) is 0 Å². The molecule has 2 fully saturated rings. The highest BCUT2D eigenvalue weighted by molar-refractivity contribution is 9.10. The molecule has 0 spiro atoms. The first-order valence-electron chi connectivity index (χ1n) is 11.7. The average molecular weight is 506 g/mol. The van der Waals surface area contributed by atoms with E-state index in [9.17, 15) is 4.57 Å². The van der Waals surface area contributed by atoms with Crippen molar-refractivity contribution in [2.24, 2.45) is 0 Å². The van der Waals surface area contributed by atoms with Crippen molar-refractivity contribution in [2.75, 3.05) is 5.32 Å². The Morgan fingerprint density at radius 1 is 0.774 bits per heavy atom. The summed E-state index contributed by atoms with van der Waals surface area (Å²) in [6.45, 7) is 0. The lowest BCUT2D eigenvalue weighted by atomic mass is 9.98. The van der Waals surface area contributed by atoms with Crippen LogP contribution in [0, 0.1) is 0 Å². The molecule has 0 saturated heterocycles. The van der Waals surface area contributed by atoms with E-state index in [1.165, 1.54) is 12.8 Å². The van der Waals surface area contributed by atoms with Crippen molar-refractivity contribution in [1.82, 2.24) is 0 Å². The summed E-state index contributed by atoms with van der Waals surface area (Å²) in [6.07, 6.45) is 10.8. The Balaban J connectivity index is 1.67. The van der Waals surface area contributed by atoms with E-state index < -0.39 is 13.4 Å². The van der Waals surface area contributed by atoms with Crippen molar-refractivity contribution in [1.29, 1.82) is 0 Å². The lowest BCUT2D eigenvalue weighted by Gasteiger charge is -2.36. The normalized spacial score (nSPS) is 19.8. The molecule has 31 heavy (non-hydrogen) atoms. The third-order valence-electron chi connectivity index (χ3n) is 6.28. The average Bonchev–Trinajstić information content (AvgIpc) is 2.80. The molecule has 1 N–H and O–H groups in total. The molecule has 2 aliphatic carbocycles. The molecule has 0 radical (unpaired) electrons. The second-order valence-electron chi connectivity index (χ2n) is 8.74. The van der Waals surface area contributed by atoms with Crippen molar-refractivity contribution >= 4 is 29.2 Å². The van der Waals surface area contributed by atoms with Crippen LogP contribution in [0.3, 0.4) is 0 Å². The largest absolute Gasteiger partial charge is 0.368 e. The van der Waals surface area contributed by atoms with Crippen LogP contribution in [0.15, 0.2) is 59.1 Å². The zero-order valence-electron chi connectivity index (χ0n) is 18.0. The summed E-state index contributed by atoms with van der Waals surface area (Å²) in [5.74, 6) is -0.549. The van der Waals surface area contributed by atoms with Crippen molar-refractivity contribution in [2.45, 2.75) is 82.2 Å². The van der Waals surface area contributed by atoms with E-state index >= 15 is 0 Å². The molecule has 2 aromatic rings. The third-order valence-corrected chi connectivity index (χ3v) is 9.05. The molecule has 0 unspecified atom stereocenters. The summed E-state index contributed by atoms with van der Waals surface area (Å²) < 4.78 is 28.5. The summed E-state index contributed by atoms with van der Waals surface area (Å²) in [4.78, 5) is 0. The van der Waals surface area contributed by atoms with E-state index in [1.54, 1.807) is 0 Å². The van der Waals surface area contributed by atoms with E-state index in [-0.39, 0.29) is 12.2 Å². The fourth-order valence-corrected chi connectivity index (χ4v) is 7.24. The minimum absolute atomic E-state index is 0.00121. The van der Waals surface area contributed by atoms with Crippen LogP contribution in [0.4, 0.5) is 5.69 Å². The number of anilines is 1. The standard InChI is InChI=1S/C25H33BrNO3P/c26-21-18-16-20(17-19-21)25(27-22-10-4-1-5-11-22)31(28,29-23-12-6-2-7-13-23)30-24-14-8-3-9-15-24/h1,4-5,10-11,16-19,23-25,27H,2-3,6-9,12-15H2/t25-/m1/s1. The van der Waals surface area contributed by atoms with Crippen LogP contribution >= 0.6 is 23.5 Å². The first-order chi connectivity index (χ1) is 15.1. The summed E-state index contributed by atoms with van der Waals surface area (Å²) in [5, 5.41) is 3.51. The Bertz CT molecular complexity index is 825. The van der Waals surface area contributed by atoms with Crippen LogP contribution in [-0.4, -0.2) is 12.2 Å². The number of nitrogens with one attached hydrogen (secondary N) is 1. The summed E-state index contributed by atoms with van der Waals surface area (Å²) in [6, 6.07) is 17.9. The fraction of sp³-hybridized carbons (Fsp3) is 0.520. The van der Waals surface area contributed by atoms with Crippen molar-refractivity contribution in [3.63, 3.8) is 0 Å². The van der Waals surface area contributed by atoms with Crippen LogP contribution in [0.25, 0.3) is 0 Å². The first-order valence-corrected chi connectivity index (χ1v) is 14.1. The fourth-order valence-electron chi connectivity index (χ4n) is 4.59. The molecule has 2 aromatic carbocycles. The topological polar surface area (TPSA) is 47.6 Å². The number of rotatable bonds is 8. The minimum atomic E-state index is -3.50. The van der Waals surface area contributed by atoms with Crippen molar-refractivity contribution in [3.05, 3.63) is 64.6 Å². The van der Waals surface area contributed by atoms with Gasteiger partial charge in [0.1, 0.15) is 0 Å². The SMILES string of the molecule is O=P(OC1CCCCC1)(OC1CCCCC1)[C@@H](Nc1ccccc1)c1ccc(Br)cc1. The van der Waals surface area contributed by atoms with Crippen LogP contribution in [0.1, 0.15) is 75.6 Å². The summed E-state index contributed by atoms with van der Waals surface area (Å²) >= 11 is 3.52. The molecule has 0 amide bonds. The van der Waals surface area contributed by atoms with Gasteiger partial charge in [-0.15, -0.1) is 0 Å². The van der Waals surface area contributed by atoms with Gasteiger partial charge in [-0.05, 0) is 55.5 Å². The highest BCUT2D eigenvalue weighted by atomic mass is 79.9. The Morgan fingerprint density at radius 3 is 1.81 bits per heavy atom. The zero-order valence-corrected chi connectivity index (χ0v) is 20.5. The Hall–Kier alpha value is -1.13. The molecule has 4 nitrogen and oxygen atoms in total. The number of hydrogen-bond donors (Lipinski definition) is 1. The van der Waals surface area contributed by atoms with Gasteiger partial charge in [-0.2, -0.15) is 0 Å². The third kappa shape index (κ3) is 6.44. The number of halogens is 1. The lowest BCUT2D eigenvalue weighted by Crippen LogP contribution is -2.25. The van der Waals surface area contributed by atoms with Gasteiger partial charge in [0.2, 0.25) is 0 Å². The maximum atomic E-state index is 14.6. The monoisotopic (exact) mass is 505 g/mol. The van der Waals surface area contributed by atoms with Gasteiger partial charge in [-0.1, -0.05) is 84.8 Å². The van der Waals surface area contributed by atoms with Gasteiger partial charge >= 0.3 is 7.60 Å². The summed E-state index contributed by atoms with van der Waals surface area (Å²) in [7, 11) is -3.50. The molecule has 0 aromatic heterocycles. The second kappa shape index (κ2) is 11.1. The molecule has 6 heteroatoms. The smallest absolute Gasteiger partial charge is 0.357 e. The maximum absolute atomic E-state index is 14.6. The number of para-hydroxylation sites is 1. The van der Waals surface area contributed by atoms with E-state index in [2.05, 4.69) is 21.2 Å². The molecular formula is C25H33BrNO3P. The van der Waals surface area contributed by atoms with Gasteiger partial charge in [0, 0.05) is 10.2 Å².